The van der Waals surface area contributed by atoms with Crippen LogP contribution in [0.2, 0.25) is 0 Å². The summed E-state index contributed by atoms with van der Waals surface area (Å²) in [6.45, 7) is 8.57. The fourth-order valence-corrected chi connectivity index (χ4v) is 3.68. The van der Waals surface area contributed by atoms with Crippen LogP contribution < -0.4 is 10.9 Å². The van der Waals surface area contributed by atoms with Crippen molar-refractivity contribution in [2.24, 2.45) is 0 Å². The molecular formula is C19H25N5O3S. The monoisotopic (exact) mass is 403 g/mol. The van der Waals surface area contributed by atoms with Gasteiger partial charge >= 0.3 is 0 Å². The topological polar surface area (TPSA) is 95.0 Å². The highest BCUT2D eigenvalue weighted by atomic mass is 32.2. The van der Waals surface area contributed by atoms with Crippen molar-refractivity contribution >= 4 is 28.7 Å². The predicted octanol–water partition coefficient (Wildman–Crippen LogP) is 2.57. The molecule has 0 radical (unpaired) electrons. The fraction of sp³-hybridized carbons (Fsp3) is 0.474. The van der Waals surface area contributed by atoms with Gasteiger partial charge in [-0.25, -0.2) is 4.98 Å². The highest BCUT2D eigenvalue weighted by molar-refractivity contribution is 7.99. The van der Waals surface area contributed by atoms with Gasteiger partial charge in [0.15, 0.2) is 10.7 Å². The Morgan fingerprint density at radius 1 is 1.39 bits per heavy atom. The number of fused-ring (bicyclic) bond motifs is 1. The van der Waals surface area contributed by atoms with E-state index in [1.165, 1.54) is 11.8 Å². The van der Waals surface area contributed by atoms with Crippen molar-refractivity contribution in [3.05, 3.63) is 40.2 Å². The molecule has 3 aromatic rings. The van der Waals surface area contributed by atoms with E-state index in [1.807, 2.05) is 33.8 Å². The van der Waals surface area contributed by atoms with Crippen molar-refractivity contribution in [3.8, 4) is 0 Å². The maximum atomic E-state index is 13.2. The maximum absolute atomic E-state index is 13.2. The van der Waals surface area contributed by atoms with Crippen LogP contribution >= 0.6 is 11.8 Å². The van der Waals surface area contributed by atoms with E-state index in [2.05, 4.69) is 15.4 Å². The summed E-state index contributed by atoms with van der Waals surface area (Å²) in [6, 6.07) is 3.70. The van der Waals surface area contributed by atoms with E-state index in [9.17, 15) is 9.59 Å². The molecule has 1 unspecified atom stereocenters. The average molecular weight is 404 g/mol. The summed E-state index contributed by atoms with van der Waals surface area (Å²) in [6.07, 6.45) is 2.43. The normalized spacial score (nSPS) is 12.4. The lowest BCUT2D eigenvalue weighted by molar-refractivity contribution is -0.119. The van der Waals surface area contributed by atoms with Crippen molar-refractivity contribution in [1.29, 1.82) is 0 Å². The second kappa shape index (κ2) is 8.64. The van der Waals surface area contributed by atoms with Crippen LogP contribution in [-0.4, -0.2) is 37.0 Å². The third-order valence-electron chi connectivity index (χ3n) is 4.53. The zero-order valence-electron chi connectivity index (χ0n) is 16.6. The van der Waals surface area contributed by atoms with Crippen LogP contribution in [0.4, 0.5) is 0 Å². The van der Waals surface area contributed by atoms with Crippen molar-refractivity contribution in [1.82, 2.24) is 24.6 Å². The Labute approximate surface area is 167 Å². The number of rotatable bonds is 8. The van der Waals surface area contributed by atoms with Crippen LogP contribution in [0, 0.1) is 6.92 Å². The fourth-order valence-electron chi connectivity index (χ4n) is 2.87. The first-order chi connectivity index (χ1) is 13.4. The van der Waals surface area contributed by atoms with E-state index < -0.39 is 0 Å². The minimum absolute atomic E-state index is 0.0841. The number of nitrogens with zero attached hydrogens (tertiary/aromatic N) is 4. The summed E-state index contributed by atoms with van der Waals surface area (Å²) < 4.78 is 8.64. The van der Waals surface area contributed by atoms with E-state index in [4.69, 9.17) is 4.42 Å². The van der Waals surface area contributed by atoms with Crippen molar-refractivity contribution < 1.29 is 9.21 Å². The standard InChI is InChI=1S/C19H25N5O3S/c1-5-12(3)20-15(25)11-28-19-21-16-13(4)22-24(6-2)17(16)18(26)23(19)10-14-8-7-9-27-14/h7-9,12H,5-6,10-11H2,1-4H3,(H,20,25). The number of carbonyl (C=O) groups excluding carboxylic acids is 1. The molecule has 3 rings (SSSR count). The number of thioether (sulfide) groups is 1. The molecule has 0 aliphatic carbocycles. The minimum atomic E-state index is -0.186. The zero-order valence-corrected chi connectivity index (χ0v) is 17.4. The first kappa shape index (κ1) is 20.2. The van der Waals surface area contributed by atoms with Gasteiger partial charge in [-0.05, 0) is 39.3 Å². The SMILES string of the molecule is CCC(C)NC(=O)CSc1nc2c(C)nn(CC)c2c(=O)n1Cc1ccco1. The second-order valence-corrected chi connectivity index (χ2v) is 7.57. The lowest BCUT2D eigenvalue weighted by Crippen LogP contribution is -2.33. The first-order valence-electron chi connectivity index (χ1n) is 9.37. The predicted molar refractivity (Wildman–Crippen MR) is 109 cm³/mol. The smallest absolute Gasteiger partial charge is 0.280 e. The number of carbonyl (C=O) groups is 1. The molecule has 3 heterocycles. The molecule has 28 heavy (non-hydrogen) atoms. The molecule has 0 aromatic carbocycles. The van der Waals surface area contributed by atoms with Gasteiger partial charge in [0.2, 0.25) is 5.91 Å². The third kappa shape index (κ3) is 4.14. The molecule has 0 fully saturated rings. The van der Waals surface area contributed by atoms with Crippen LogP contribution in [-0.2, 0) is 17.9 Å². The molecule has 3 aromatic heterocycles. The lowest BCUT2D eigenvalue weighted by atomic mass is 10.3. The van der Waals surface area contributed by atoms with Crippen LogP contribution in [0.3, 0.4) is 0 Å². The van der Waals surface area contributed by atoms with Crippen LogP contribution in [0.15, 0.2) is 32.8 Å². The summed E-state index contributed by atoms with van der Waals surface area (Å²) in [5.41, 5.74) is 1.56. The zero-order chi connectivity index (χ0) is 20.3. The molecular weight excluding hydrogens is 378 g/mol. The molecule has 0 saturated heterocycles. The van der Waals surface area contributed by atoms with E-state index in [-0.39, 0.29) is 29.8 Å². The number of furan rings is 1. The van der Waals surface area contributed by atoms with Gasteiger partial charge in [0.05, 0.1) is 24.3 Å². The quantitative estimate of drug-likeness (QED) is 0.459. The van der Waals surface area contributed by atoms with E-state index >= 15 is 0 Å². The lowest BCUT2D eigenvalue weighted by Gasteiger charge is -2.13. The minimum Gasteiger partial charge on any atom is -0.467 e. The Morgan fingerprint density at radius 3 is 2.82 bits per heavy atom. The van der Waals surface area contributed by atoms with Gasteiger partial charge < -0.3 is 9.73 Å². The van der Waals surface area contributed by atoms with Gasteiger partial charge in [-0.15, -0.1) is 0 Å². The molecule has 0 spiro atoms. The number of hydrogen-bond donors (Lipinski definition) is 1. The molecule has 1 atom stereocenters. The number of aryl methyl sites for hydroxylation is 2. The van der Waals surface area contributed by atoms with Crippen LogP contribution in [0.1, 0.15) is 38.6 Å². The average Bonchev–Trinajstić information content (AvgIpc) is 3.30. The first-order valence-corrected chi connectivity index (χ1v) is 10.4. The largest absolute Gasteiger partial charge is 0.467 e. The number of nitrogens with one attached hydrogen (secondary N) is 1. The Balaban J connectivity index is 2.00. The highest BCUT2D eigenvalue weighted by Crippen LogP contribution is 2.21. The van der Waals surface area contributed by atoms with Gasteiger partial charge in [0, 0.05) is 12.6 Å². The number of aromatic nitrogens is 4. The van der Waals surface area contributed by atoms with Gasteiger partial charge in [-0.3, -0.25) is 18.8 Å². The molecule has 0 aliphatic heterocycles. The Hall–Kier alpha value is -2.55. The number of hydrogen-bond acceptors (Lipinski definition) is 6. The van der Waals surface area contributed by atoms with Gasteiger partial charge in [0.25, 0.3) is 5.56 Å². The molecule has 1 N–H and O–H groups in total. The highest BCUT2D eigenvalue weighted by Gasteiger charge is 2.19. The molecule has 9 heteroatoms. The second-order valence-electron chi connectivity index (χ2n) is 6.63. The summed E-state index contributed by atoms with van der Waals surface area (Å²) in [4.78, 5) is 30.1. The van der Waals surface area contributed by atoms with Gasteiger partial charge in [-0.1, -0.05) is 18.7 Å². The molecule has 0 bridgehead atoms. The van der Waals surface area contributed by atoms with Gasteiger partial charge in [0.1, 0.15) is 11.3 Å². The molecule has 8 nitrogen and oxygen atoms in total. The van der Waals surface area contributed by atoms with E-state index in [0.717, 1.165) is 6.42 Å². The van der Waals surface area contributed by atoms with E-state index in [1.54, 1.807) is 21.6 Å². The summed E-state index contributed by atoms with van der Waals surface area (Å²) in [7, 11) is 0. The van der Waals surface area contributed by atoms with Gasteiger partial charge in [-0.2, -0.15) is 5.10 Å². The Morgan fingerprint density at radius 2 is 2.18 bits per heavy atom. The summed E-state index contributed by atoms with van der Waals surface area (Å²) in [5, 5.41) is 7.83. The van der Waals surface area contributed by atoms with Crippen molar-refractivity contribution in [3.63, 3.8) is 0 Å². The van der Waals surface area contributed by atoms with E-state index in [0.29, 0.717) is 34.2 Å². The van der Waals surface area contributed by atoms with Crippen molar-refractivity contribution in [2.45, 2.75) is 58.4 Å². The molecule has 0 saturated carbocycles. The molecule has 1 amide bonds. The molecule has 0 aliphatic rings. The van der Waals surface area contributed by atoms with Crippen LogP contribution in [0.25, 0.3) is 11.0 Å². The summed E-state index contributed by atoms with van der Waals surface area (Å²) in [5.74, 6) is 0.745. The molecule has 150 valence electrons. The number of amides is 1. The Bertz CT molecular complexity index is 1020. The maximum Gasteiger partial charge on any atom is 0.280 e. The van der Waals surface area contributed by atoms with Crippen LogP contribution in [0.5, 0.6) is 0 Å². The summed E-state index contributed by atoms with van der Waals surface area (Å²) >= 11 is 1.25. The van der Waals surface area contributed by atoms with Crippen molar-refractivity contribution in [2.75, 3.05) is 5.75 Å². The Kier molecular flexibility index (Phi) is 6.23. The third-order valence-corrected chi connectivity index (χ3v) is 5.50.